The summed E-state index contributed by atoms with van der Waals surface area (Å²) in [5.74, 6) is 1.34. The van der Waals surface area contributed by atoms with Gasteiger partial charge in [0.2, 0.25) is 5.95 Å². The van der Waals surface area contributed by atoms with Gasteiger partial charge in [-0.1, -0.05) is 12.1 Å². The molecule has 6 nitrogen and oxygen atoms in total. The first-order valence-electron chi connectivity index (χ1n) is 7.35. The lowest BCUT2D eigenvalue weighted by Gasteiger charge is -2.32. The molecule has 2 heterocycles. The molecule has 2 aromatic rings. The molecule has 1 aliphatic heterocycles. The van der Waals surface area contributed by atoms with E-state index in [1.165, 1.54) is 6.07 Å². The van der Waals surface area contributed by atoms with Gasteiger partial charge in [0.1, 0.15) is 5.75 Å². The lowest BCUT2D eigenvalue weighted by Crippen LogP contribution is -2.45. The number of hydrogen-bond donors (Lipinski definition) is 1. The molecule has 3 rings (SSSR count). The molecule has 0 atom stereocenters. The predicted molar refractivity (Wildman–Crippen MR) is 86.6 cm³/mol. The van der Waals surface area contributed by atoms with E-state index in [4.69, 9.17) is 4.74 Å². The third-order valence-corrected chi connectivity index (χ3v) is 3.91. The molecular weight excluding hydrogens is 280 g/mol. The highest BCUT2D eigenvalue weighted by Crippen LogP contribution is 2.28. The Labute approximate surface area is 129 Å². The van der Waals surface area contributed by atoms with Gasteiger partial charge in [0.05, 0.1) is 12.8 Å². The number of nitrogens with zero attached hydrogens (tertiary/aromatic N) is 3. The van der Waals surface area contributed by atoms with Crippen LogP contribution in [0.1, 0.15) is 0 Å². The molecular formula is C16H20N4O2. The summed E-state index contributed by atoms with van der Waals surface area (Å²) < 4.78 is 5.37. The molecule has 0 radical (unpaired) electrons. The fourth-order valence-corrected chi connectivity index (χ4v) is 2.61. The number of para-hydroxylation sites is 1. The normalized spacial score (nSPS) is 15.8. The van der Waals surface area contributed by atoms with E-state index in [0.717, 1.165) is 31.7 Å². The van der Waals surface area contributed by atoms with E-state index in [-0.39, 0.29) is 5.56 Å². The van der Waals surface area contributed by atoms with E-state index in [0.29, 0.717) is 17.4 Å². The number of methoxy groups -OCH3 is 1. The molecule has 1 fully saturated rings. The van der Waals surface area contributed by atoms with Crippen LogP contribution in [0.4, 0.5) is 5.95 Å². The smallest absolute Gasteiger partial charge is 0.252 e. The Morgan fingerprint density at radius 1 is 1.18 bits per heavy atom. The zero-order valence-electron chi connectivity index (χ0n) is 12.9. The summed E-state index contributed by atoms with van der Waals surface area (Å²) in [5.41, 5.74) is 1.31. The minimum absolute atomic E-state index is 0.148. The maximum atomic E-state index is 12.0. The van der Waals surface area contributed by atoms with Gasteiger partial charge >= 0.3 is 0 Å². The number of aromatic nitrogens is 2. The van der Waals surface area contributed by atoms with E-state index >= 15 is 0 Å². The van der Waals surface area contributed by atoms with Crippen molar-refractivity contribution in [3.8, 4) is 17.0 Å². The van der Waals surface area contributed by atoms with Crippen LogP contribution in [0.5, 0.6) is 5.75 Å². The molecule has 116 valence electrons. The number of benzene rings is 1. The molecule has 1 aromatic carbocycles. The Morgan fingerprint density at radius 2 is 1.91 bits per heavy atom. The van der Waals surface area contributed by atoms with Crippen molar-refractivity contribution in [2.45, 2.75) is 0 Å². The average Bonchev–Trinajstić information content (AvgIpc) is 2.55. The second kappa shape index (κ2) is 6.19. The molecule has 22 heavy (non-hydrogen) atoms. The number of nitrogens with one attached hydrogen (secondary N) is 1. The minimum atomic E-state index is -0.148. The van der Waals surface area contributed by atoms with Crippen LogP contribution >= 0.6 is 0 Å². The van der Waals surface area contributed by atoms with Gasteiger partial charge in [-0.2, -0.15) is 0 Å². The van der Waals surface area contributed by atoms with Crippen LogP contribution in [0.3, 0.4) is 0 Å². The van der Waals surface area contributed by atoms with E-state index in [9.17, 15) is 4.79 Å². The molecule has 0 bridgehead atoms. The summed E-state index contributed by atoms with van der Waals surface area (Å²) in [6.07, 6.45) is 0. The van der Waals surface area contributed by atoms with Crippen molar-refractivity contribution in [2.24, 2.45) is 0 Å². The molecule has 1 saturated heterocycles. The molecule has 0 saturated carbocycles. The number of likely N-dealkylation sites (N-methyl/N-ethyl adjacent to an activating group) is 1. The Kier molecular flexibility index (Phi) is 4.11. The highest BCUT2D eigenvalue weighted by Gasteiger charge is 2.17. The second-order valence-corrected chi connectivity index (χ2v) is 5.44. The fraction of sp³-hybridized carbons (Fsp3) is 0.375. The van der Waals surface area contributed by atoms with Crippen molar-refractivity contribution in [3.63, 3.8) is 0 Å². The first-order chi connectivity index (χ1) is 10.7. The van der Waals surface area contributed by atoms with Gasteiger partial charge < -0.3 is 14.5 Å². The zero-order chi connectivity index (χ0) is 15.5. The summed E-state index contributed by atoms with van der Waals surface area (Å²) in [4.78, 5) is 23.9. The maximum absolute atomic E-state index is 12.0. The van der Waals surface area contributed by atoms with Crippen LogP contribution in [0.15, 0.2) is 35.1 Å². The zero-order valence-corrected chi connectivity index (χ0v) is 12.9. The van der Waals surface area contributed by atoms with Crippen LogP contribution in [-0.4, -0.2) is 55.2 Å². The second-order valence-electron chi connectivity index (χ2n) is 5.44. The largest absolute Gasteiger partial charge is 0.496 e. The van der Waals surface area contributed by atoms with E-state index in [1.54, 1.807) is 7.11 Å². The quantitative estimate of drug-likeness (QED) is 0.923. The molecule has 1 aromatic heterocycles. The van der Waals surface area contributed by atoms with Gasteiger partial charge in [-0.3, -0.25) is 9.78 Å². The van der Waals surface area contributed by atoms with E-state index in [1.807, 2.05) is 24.3 Å². The van der Waals surface area contributed by atoms with E-state index < -0.39 is 0 Å². The molecule has 0 unspecified atom stereocenters. The van der Waals surface area contributed by atoms with Crippen molar-refractivity contribution in [1.82, 2.24) is 14.9 Å². The molecule has 0 aliphatic carbocycles. The number of rotatable bonds is 3. The van der Waals surface area contributed by atoms with Crippen LogP contribution < -0.4 is 15.2 Å². The van der Waals surface area contributed by atoms with Crippen LogP contribution in [0.25, 0.3) is 11.3 Å². The van der Waals surface area contributed by atoms with Gasteiger partial charge in [-0.25, -0.2) is 4.98 Å². The number of anilines is 1. The number of hydrogen-bond acceptors (Lipinski definition) is 5. The van der Waals surface area contributed by atoms with Crippen molar-refractivity contribution in [2.75, 3.05) is 45.2 Å². The average molecular weight is 300 g/mol. The summed E-state index contributed by atoms with van der Waals surface area (Å²) >= 11 is 0. The third-order valence-electron chi connectivity index (χ3n) is 3.91. The van der Waals surface area contributed by atoms with Gasteiger partial charge in [0.25, 0.3) is 5.56 Å². The molecule has 6 heteroatoms. The number of aromatic amines is 1. The summed E-state index contributed by atoms with van der Waals surface area (Å²) in [5, 5.41) is 0. The number of piperazine rings is 1. The standard InChI is InChI=1S/C16H20N4O2/c1-19-7-9-20(10-8-19)16-17-13(11-15(21)18-16)12-5-3-4-6-14(12)22-2/h3-6,11H,7-10H2,1-2H3,(H,17,18,21). The Balaban J connectivity index is 1.98. The lowest BCUT2D eigenvalue weighted by atomic mass is 10.1. The van der Waals surface area contributed by atoms with E-state index in [2.05, 4.69) is 26.8 Å². The Hall–Kier alpha value is -2.34. The number of ether oxygens (including phenoxy) is 1. The van der Waals surface area contributed by atoms with Gasteiger partial charge in [-0.05, 0) is 19.2 Å². The summed E-state index contributed by atoms with van der Waals surface area (Å²) in [6, 6.07) is 9.10. The summed E-state index contributed by atoms with van der Waals surface area (Å²) in [6.45, 7) is 3.63. The molecule has 1 aliphatic rings. The lowest BCUT2D eigenvalue weighted by molar-refractivity contribution is 0.311. The van der Waals surface area contributed by atoms with Gasteiger partial charge in [0.15, 0.2) is 0 Å². The van der Waals surface area contributed by atoms with Crippen molar-refractivity contribution in [3.05, 3.63) is 40.7 Å². The predicted octanol–water partition coefficient (Wildman–Crippen LogP) is 1.20. The SMILES string of the molecule is COc1ccccc1-c1cc(=O)[nH]c(N2CCN(C)CC2)n1. The third kappa shape index (κ3) is 2.96. The first kappa shape index (κ1) is 14.6. The topological polar surface area (TPSA) is 61.5 Å². The number of H-pyrrole nitrogens is 1. The monoisotopic (exact) mass is 300 g/mol. The van der Waals surface area contributed by atoms with Crippen LogP contribution in [0, 0.1) is 0 Å². The van der Waals surface area contributed by atoms with Gasteiger partial charge in [-0.15, -0.1) is 0 Å². The Morgan fingerprint density at radius 3 is 2.64 bits per heavy atom. The fourth-order valence-electron chi connectivity index (χ4n) is 2.61. The Bertz CT molecular complexity index is 705. The molecule has 0 spiro atoms. The van der Waals surface area contributed by atoms with Crippen LogP contribution in [0.2, 0.25) is 0 Å². The highest BCUT2D eigenvalue weighted by atomic mass is 16.5. The minimum Gasteiger partial charge on any atom is -0.496 e. The highest BCUT2D eigenvalue weighted by molar-refractivity contribution is 5.67. The van der Waals surface area contributed by atoms with Crippen molar-refractivity contribution < 1.29 is 4.74 Å². The van der Waals surface area contributed by atoms with Crippen molar-refractivity contribution >= 4 is 5.95 Å². The van der Waals surface area contributed by atoms with Crippen molar-refractivity contribution in [1.29, 1.82) is 0 Å². The molecule has 1 N–H and O–H groups in total. The van der Waals surface area contributed by atoms with Gasteiger partial charge in [0, 0.05) is 37.8 Å². The molecule has 0 amide bonds. The maximum Gasteiger partial charge on any atom is 0.252 e. The summed E-state index contributed by atoms with van der Waals surface area (Å²) in [7, 11) is 3.71. The van der Waals surface area contributed by atoms with Crippen LogP contribution in [-0.2, 0) is 0 Å². The first-order valence-corrected chi connectivity index (χ1v) is 7.35.